The Morgan fingerprint density at radius 2 is 2.25 bits per heavy atom. The molecule has 3 rings (SSSR count). The number of rotatable bonds is 5. The molecule has 2 aromatic rings. The Morgan fingerprint density at radius 1 is 1.45 bits per heavy atom. The number of aliphatic carboxylic acids is 1. The van der Waals surface area contributed by atoms with E-state index in [2.05, 4.69) is 20.3 Å². The van der Waals surface area contributed by atoms with Gasteiger partial charge in [0.05, 0.1) is 5.41 Å². The van der Waals surface area contributed by atoms with E-state index in [4.69, 9.17) is 5.11 Å². The Balaban J connectivity index is 1.75. The summed E-state index contributed by atoms with van der Waals surface area (Å²) in [6.07, 6.45) is 6.57. The minimum Gasteiger partial charge on any atom is -0.481 e. The molecule has 0 amide bonds. The topological polar surface area (TPSA) is 92.9 Å². The van der Waals surface area contributed by atoms with Crippen LogP contribution in [0.4, 0.5) is 5.95 Å². The lowest BCUT2D eigenvalue weighted by Gasteiger charge is -2.11. The zero-order valence-electron chi connectivity index (χ0n) is 11.1. The molecule has 1 aliphatic carbocycles. The summed E-state index contributed by atoms with van der Waals surface area (Å²) in [6.45, 7) is 2.24. The second-order valence-electron chi connectivity index (χ2n) is 5.02. The maximum Gasteiger partial charge on any atom is 0.311 e. The van der Waals surface area contributed by atoms with Gasteiger partial charge in [-0.1, -0.05) is 0 Å². The van der Waals surface area contributed by atoms with Gasteiger partial charge in [-0.2, -0.15) is 4.98 Å². The van der Waals surface area contributed by atoms with Crippen molar-refractivity contribution in [3.05, 3.63) is 30.5 Å². The first-order valence-electron chi connectivity index (χ1n) is 6.41. The molecule has 0 radical (unpaired) electrons. The van der Waals surface area contributed by atoms with Crippen LogP contribution < -0.4 is 5.32 Å². The monoisotopic (exact) mass is 273 g/mol. The van der Waals surface area contributed by atoms with Gasteiger partial charge in [0.25, 0.3) is 0 Å². The summed E-state index contributed by atoms with van der Waals surface area (Å²) < 4.78 is 1.84. The van der Waals surface area contributed by atoms with E-state index in [1.54, 1.807) is 18.5 Å². The first kappa shape index (κ1) is 12.6. The lowest BCUT2D eigenvalue weighted by Crippen LogP contribution is -2.25. The summed E-state index contributed by atoms with van der Waals surface area (Å²) in [5.41, 5.74) is -0.635. The van der Waals surface area contributed by atoms with Crippen LogP contribution in [0, 0.1) is 12.3 Å². The van der Waals surface area contributed by atoms with Gasteiger partial charge in [0.2, 0.25) is 5.95 Å². The van der Waals surface area contributed by atoms with Crippen LogP contribution in [0.2, 0.25) is 0 Å². The van der Waals surface area contributed by atoms with E-state index in [0.29, 0.717) is 31.2 Å². The Morgan fingerprint density at radius 3 is 2.85 bits per heavy atom. The van der Waals surface area contributed by atoms with Crippen molar-refractivity contribution >= 4 is 11.9 Å². The highest BCUT2D eigenvalue weighted by Crippen LogP contribution is 2.45. The molecule has 7 nitrogen and oxygen atoms in total. The molecule has 104 valence electrons. The number of carboxylic acids is 1. The fourth-order valence-electron chi connectivity index (χ4n) is 2.05. The molecule has 0 bridgehead atoms. The second kappa shape index (κ2) is 4.59. The number of carbonyl (C=O) groups is 1. The van der Waals surface area contributed by atoms with E-state index in [-0.39, 0.29) is 0 Å². The molecule has 20 heavy (non-hydrogen) atoms. The first-order valence-corrected chi connectivity index (χ1v) is 6.41. The fourth-order valence-corrected chi connectivity index (χ4v) is 2.05. The maximum absolute atomic E-state index is 11.1. The predicted octanol–water partition coefficient (Wildman–Crippen LogP) is 1.25. The van der Waals surface area contributed by atoms with E-state index in [1.165, 1.54) is 0 Å². The lowest BCUT2D eigenvalue weighted by atomic mass is 10.1. The molecule has 1 fully saturated rings. The van der Waals surface area contributed by atoms with Crippen molar-refractivity contribution in [1.82, 2.24) is 19.5 Å². The van der Waals surface area contributed by atoms with Crippen LogP contribution in [0.3, 0.4) is 0 Å². The summed E-state index contributed by atoms with van der Waals surface area (Å²) in [5.74, 6) is 1.21. The number of hydrogen-bond donors (Lipinski definition) is 2. The molecule has 1 aliphatic rings. The van der Waals surface area contributed by atoms with Crippen LogP contribution in [-0.4, -0.2) is 37.1 Å². The molecule has 7 heteroatoms. The highest BCUT2D eigenvalue weighted by Gasteiger charge is 2.50. The van der Waals surface area contributed by atoms with Gasteiger partial charge < -0.3 is 10.4 Å². The van der Waals surface area contributed by atoms with Gasteiger partial charge in [-0.3, -0.25) is 9.36 Å². The number of nitrogens with zero attached hydrogens (tertiary/aromatic N) is 4. The van der Waals surface area contributed by atoms with Crippen LogP contribution in [0.15, 0.2) is 24.7 Å². The summed E-state index contributed by atoms with van der Waals surface area (Å²) >= 11 is 0. The Hall–Kier alpha value is -2.44. The first-order chi connectivity index (χ1) is 9.61. The summed E-state index contributed by atoms with van der Waals surface area (Å²) in [7, 11) is 0. The van der Waals surface area contributed by atoms with Crippen molar-refractivity contribution in [2.45, 2.75) is 19.8 Å². The van der Waals surface area contributed by atoms with E-state index in [1.807, 2.05) is 17.7 Å². The third kappa shape index (κ3) is 2.22. The highest BCUT2D eigenvalue weighted by atomic mass is 16.4. The van der Waals surface area contributed by atoms with Crippen molar-refractivity contribution in [2.75, 3.05) is 11.9 Å². The molecule has 0 aliphatic heterocycles. The number of hydrogen-bond acceptors (Lipinski definition) is 5. The van der Waals surface area contributed by atoms with Crippen molar-refractivity contribution in [1.29, 1.82) is 0 Å². The smallest absolute Gasteiger partial charge is 0.311 e. The SMILES string of the molecule is Cc1nccn1-c1ccnc(NCC2(C(=O)O)CC2)n1. The Kier molecular flexibility index (Phi) is 2.89. The van der Waals surface area contributed by atoms with Crippen LogP contribution in [0.5, 0.6) is 0 Å². The minimum absolute atomic E-state index is 0.356. The predicted molar refractivity (Wildman–Crippen MR) is 71.7 cm³/mol. The maximum atomic E-state index is 11.1. The molecule has 2 aromatic heterocycles. The van der Waals surface area contributed by atoms with E-state index < -0.39 is 11.4 Å². The number of imidazole rings is 1. The Bertz CT molecular complexity index is 648. The molecule has 1 saturated carbocycles. The molecular formula is C13H15N5O2. The van der Waals surface area contributed by atoms with Gasteiger partial charge in [0, 0.05) is 25.1 Å². The van der Waals surface area contributed by atoms with E-state index in [9.17, 15) is 4.79 Å². The number of carboxylic acid groups (broad SMARTS) is 1. The average molecular weight is 273 g/mol. The molecule has 0 aromatic carbocycles. The number of aryl methyl sites for hydroxylation is 1. The molecule has 2 heterocycles. The van der Waals surface area contributed by atoms with Crippen LogP contribution in [0.25, 0.3) is 5.82 Å². The third-order valence-electron chi connectivity index (χ3n) is 3.61. The molecule has 0 unspecified atom stereocenters. The van der Waals surface area contributed by atoms with Crippen LogP contribution in [-0.2, 0) is 4.79 Å². The van der Waals surface area contributed by atoms with Crippen molar-refractivity contribution in [2.24, 2.45) is 5.41 Å². The molecule has 2 N–H and O–H groups in total. The zero-order chi connectivity index (χ0) is 14.2. The highest BCUT2D eigenvalue weighted by molar-refractivity contribution is 5.78. The van der Waals surface area contributed by atoms with E-state index >= 15 is 0 Å². The van der Waals surface area contributed by atoms with Crippen LogP contribution >= 0.6 is 0 Å². The largest absolute Gasteiger partial charge is 0.481 e. The summed E-state index contributed by atoms with van der Waals surface area (Å²) in [4.78, 5) is 23.7. The Labute approximate surface area is 115 Å². The van der Waals surface area contributed by atoms with Gasteiger partial charge in [0.15, 0.2) is 0 Å². The van der Waals surface area contributed by atoms with Gasteiger partial charge in [0.1, 0.15) is 11.6 Å². The van der Waals surface area contributed by atoms with Gasteiger partial charge in [-0.05, 0) is 25.8 Å². The van der Waals surface area contributed by atoms with E-state index in [0.717, 1.165) is 5.82 Å². The minimum atomic E-state index is -0.758. The standard InChI is InChI=1S/C13H15N5O2/c1-9-14-6-7-18(9)10-2-5-15-12(17-10)16-8-13(3-4-13)11(19)20/h2,5-7H,3-4,8H2,1H3,(H,19,20)(H,15,16,17). The van der Waals surface area contributed by atoms with Crippen molar-refractivity contribution in [3.8, 4) is 5.82 Å². The number of aromatic nitrogens is 4. The normalized spacial score (nSPS) is 15.8. The fraction of sp³-hybridized carbons (Fsp3) is 0.385. The van der Waals surface area contributed by atoms with Crippen LogP contribution in [0.1, 0.15) is 18.7 Å². The quantitative estimate of drug-likeness (QED) is 0.851. The van der Waals surface area contributed by atoms with Crippen molar-refractivity contribution < 1.29 is 9.90 Å². The molecular weight excluding hydrogens is 258 g/mol. The third-order valence-corrected chi connectivity index (χ3v) is 3.61. The second-order valence-corrected chi connectivity index (χ2v) is 5.02. The zero-order valence-corrected chi connectivity index (χ0v) is 11.1. The van der Waals surface area contributed by atoms with Gasteiger partial charge in [-0.15, -0.1) is 0 Å². The summed E-state index contributed by atoms with van der Waals surface area (Å²) in [6, 6.07) is 1.78. The van der Waals surface area contributed by atoms with Crippen molar-refractivity contribution in [3.63, 3.8) is 0 Å². The van der Waals surface area contributed by atoms with Gasteiger partial charge in [-0.25, -0.2) is 9.97 Å². The molecule has 0 saturated heterocycles. The summed E-state index contributed by atoms with van der Waals surface area (Å²) in [5, 5.41) is 12.1. The number of nitrogens with one attached hydrogen (secondary N) is 1. The molecule has 0 spiro atoms. The molecule has 0 atom stereocenters. The number of anilines is 1. The lowest BCUT2D eigenvalue weighted by molar-refractivity contribution is -0.142. The van der Waals surface area contributed by atoms with Gasteiger partial charge >= 0.3 is 5.97 Å². The average Bonchev–Trinajstić information content (AvgIpc) is 3.13.